The number of aliphatic imine (C=N–C) groups is 1. The maximum atomic E-state index is 13.1. The molecule has 0 aromatic heterocycles. The number of methoxy groups -OCH3 is 1. The maximum absolute atomic E-state index is 13.1. The van der Waals surface area contributed by atoms with Crippen LogP contribution in [0.4, 0.5) is 5.69 Å². The van der Waals surface area contributed by atoms with Gasteiger partial charge >= 0.3 is 5.97 Å². The van der Waals surface area contributed by atoms with Gasteiger partial charge in [-0.15, -0.1) is 0 Å². The zero-order valence-corrected chi connectivity index (χ0v) is 20.6. The van der Waals surface area contributed by atoms with Gasteiger partial charge in [-0.2, -0.15) is 0 Å². The van der Waals surface area contributed by atoms with Crippen LogP contribution in [0.3, 0.4) is 0 Å². The third-order valence-corrected chi connectivity index (χ3v) is 5.62. The molecular weight excluding hydrogens is 496 g/mol. The molecule has 1 heterocycles. The highest BCUT2D eigenvalue weighted by Crippen LogP contribution is 2.24. The first-order valence-corrected chi connectivity index (χ1v) is 11.7. The minimum Gasteiger partial charge on any atom is -0.497 e. The van der Waals surface area contributed by atoms with Crippen LogP contribution in [0.1, 0.15) is 15.9 Å². The van der Waals surface area contributed by atoms with Crippen molar-refractivity contribution in [3.63, 3.8) is 0 Å². The second-order valence-electron chi connectivity index (χ2n) is 7.84. The molecule has 2 amide bonds. The zero-order chi connectivity index (χ0) is 26.2. The third-order valence-electron chi connectivity index (χ3n) is 5.37. The van der Waals surface area contributed by atoms with Gasteiger partial charge in [0, 0.05) is 23.2 Å². The largest absolute Gasteiger partial charge is 0.497 e. The summed E-state index contributed by atoms with van der Waals surface area (Å²) in [5.74, 6) is -1.38. The lowest BCUT2D eigenvalue weighted by Gasteiger charge is -2.16. The van der Waals surface area contributed by atoms with Gasteiger partial charge in [0.25, 0.3) is 11.8 Å². The fourth-order valence-corrected chi connectivity index (χ4v) is 3.55. The molecular formula is C27H23ClN4O5. The van der Waals surface area contributed by atoms with Gasteiger partial charge in [-0.3, -0.25) is 9.59 Å². The lowest BCUT2D eigenvalue weighted by atomic mass is 10.1. The number of hydrogen-bond donors (Lipinski definition) is 2. The Hall–Kier alpha value is -4.47. The van der Waals surface area contributed by atoms with Crippen LogP contribution in [0.15, 0.2) is 95.6 Å². The molecule has 3 aromatic carbocycles. The second kappa shape index (κ2) is 12.0. The number of nitrogens with zero attached hydrogens (tertiary/aromatic N) is 2. The van der Waals surface area contributed by atoms with Crippen molar-refractivity contribution in [2.24, 2.45) is 4.99 Å². The molecule has 2 N–H and O–H groups in total. The molecule has 188 valence electrons. The quantitative estimate of drug-likeness (QED) is 0.346. The van der Waals surface area contributed by atoms with E-state index in [4.69, 9.17) is 21.2 Å². The van der Waals surface area contributed by atoms with Gasteiger partial charge in [0.1, 0.15) is 11.5 Å². The van der Waals surface area contributed by atoms with E-state index < -0.39 is 17.8 Å². The Morgan fingerprint density at radius 3 is 2.43 bits per heavy atom. The Bertz CT molecular complexity index is 1340. The lowest BCUT2D eigenvalue weighted by Crippen LogP contribution is -2.34. The number of rotatable bonds is 8. The monoisotopic (exact) mass is 518 g/mol. The molecule has 0 spiro atoms. The van der Waals surface area contributed by atoms with Crippen molar-refractivity contribution >= 4 is 40.8 Å². The smallest absolute Gasteiger partial charge is 0.376 e. The van der Waals surface area contributed by atoms with Gasteiger partial charge in [-0.1, -0.05) is 47.5 Å². The van der Waals surface area contributed by atoms with Crippen molar-refractivity contribution < 1.29 is 24.0 Å². The molecule has 1 fully saturated rings. The Morgan fingerprint density at radius 1 is 1.05 bits per heavy atom. The van der Waals surface area contributed by atoms with E-state index in [1.807, 2.05) is 12.1 Å². The molecule has 1 saturated heterocycles. The summed E-state index contributed by atoms with van der Waals surface area (Å²) in [6.07, 6.45) is 1.74. The minimum absolute atomic E-state index is 0.0300. The Labute approximate surface area is 218 Å². The molecule has 0 bridgehead atoms. The topological polar surface area (TPSA) is 109 Å². The van der Waals surface area contributed by atoms with Crippen molar-refractivity contribution in [2.75, 3.05) is 18.7 Å². The van der Waals surface area contributed by atoms with E-state index in [1.165, 1.54) is 11.1 Å². The van der Waals surface area contributed by atoms with E-state index in [2.05, 4.69) is 15.9 Å². The van der Waals surface area contributed by atoms with Crippen LogP contribution in [-0.4, -0.2) is 37.1 Å². The van der Waals surface area contributed by atoms with Gasteiger partial charge in [0.05, 0.1) is 12.8 Å². The number of carbonyl (C=O) groups is 3. The number of benzene rings is 3. The average molecular weight is 519 g/mol. The lowest BCUT2D eigenvalue weighted by molar-refractivity contribution is -0.140. The third kappa shape index (κ3) is 6.60. The summed E-state index contributed by atoms with van der Waals surface area (Å²) >= 11 is 5.92. The number of hydrogen-bond acceptors (Lipinski definition) is 7. The highest BCUT2D eigenvalue weighted by Gasteiger charge is 2.30. The molecule has 1 aliphatic rings. The Morgan fingerprint density at radius 2 is 1.76 bits per heavy atom. The summed E-state index contributed by atoms with van der Waals surface area (Å²) in [5.41, 5.74) is 4.02. The van der Waals surface area contributed by atoms with Crippen LogP contribution in [-0.2, 0) is 20.8 Å². The predicted molar refractivity (Wildman–Crippen MR) is 139 cm³/mol. The van der Waals surface area contributed by atoms with Gasteiger partial charge in [-0.05, 0) is 60.5 Å². The fraction of sp³-hybridized carbons (Fsp3) is 0.111. The van der Waals surface area contributed by atoms with E-state index >= 15 is 0 Å². The van der Waals surface area contributed by atoms with E-state index in [9.17, 15) is 14.4 Å². The van der Waals surface area contributed by atoms with E-state index in [0.717, 1.165) is 5.56 Å². The molecule has 0 aliphatic carbocycles. The molecule has 9 nitrogen and oxygen atoms in total. The van der Waals surface area contributed by atoms with Crippen LogP contribution >= 0.6 is 11.6 Å². The zero-order valence-electron chi connectivity index (χ0n) is 19.8. The fourth-order valence-electron chi connectivity index (χ4n) is 3.42. The summed E-state index contributed by atoms with van der Waals surface area (Å²) in [6.45, 7) is 0.271. The highest BCUT2D eigenvalue weighted by atomic mass is 35.5. The SMILES string of the molecule is COc1ccc(N2NOC(=O)/C2=C\C(=NC(=O)c2ccccc2)C(=O)NCCc2ccc(Cl)cc2)cc1. The van der Waals surface area contributed by atoms with Crippen molar-refractivity contribution in [2.45, 2.75) is 6.42 Å². The van der Waals surface area contributed by atoms with Crippen LogP contribution in [0.2, 0.25) is 5.02 Å². The number of halogens is 1. The summed E-state index contributed by atoms with van der Waals surface area (Å²) < 4.78 is 5.17. The summed E-state index contributed by atoms with van der Waals surface area (Å²) in [5, 5.41) is 4.71. The molecule has 0 saturated carbocycles. The number of amides is 2. The average Bonchev–Trinajstić information content (AvgIpc) is 3.29. The summed E-state index contributed by atoms with van der Waals surface area (Å²) in [6, 6.07) is 22.4. The first-order valence-electron chi connectivity index (χ1n) is 11.3. The Balaban J connectivity index is 1.60. The Kier molecular flexibility index (Phi) is 8.29. The molecule has 1 aliphatic heterocycles. The number of carbonyl (C=O) groups excluding carboxylic acids is 3. The van der Waals surface area contributed by atoms with E-state index in [0.29, 0.717) is 28.4 Å². The summed E-state index contributed by atoms with van der Waals surface area (Å²) in [4.78, 5) is 47.4. The van der Waals surface area contributed by atoms with Crippen molar-refractivity contribution in [1.82, 2.24) is 10.9 Å². The molecule has 10 heteroatoms. The number of anilines is 1. The molecule has 0 unspecified atom stereocenters. The molecule has 4 rings (SSSR count). The van der Waals surface area contributed by atoms with Crippen molar-refractivity contribution in [3.05, 3.63) is 107 Å². The highest BCUT2D eigenvalue weighted by molar-refractivity contribution is 6.45. The molecule has 3 aromatic rings. The van der Waals surface area contributed by atoms with E-state index in [-0.39, 0.29) is 18.0 Å². The van der Waals surface area contributed by atoms with Crippen molar-refractivity contribution in [1.29, 1.82) is 0 Å². The normalized spacial score (nSPS) is 14.4. The van der Waals surface area contributed by atoms with Crippen LogP contribution in [0.5, 0.6) is 5.75 Å². The standard InChI is InChI=1S/C27H23ClN4O5/c1-36-22-13-11-21(12-14-22)32-24(27(35)37-31-32)17-23(30-25(33)19-5-3-2-4-6-19)26(34)29-16-15-18-7-9-20(28)10-8-18/h2-14,17,31H,15-16H2,1H3,(H,29,34)/b24-17+,30-23?. The van der Waals surface area contributed by atoms with Crippen LogP contribution < -0.4 is 20.7 Å². The summed E-state index contributed by atoms with van der Waals surface area (Å²) in [7, 11) is 1.54. The van der Waals surface area contributed by atoms with Gasteiger partial charge in [0.15, 0.2) is 5.70 Å². The van der Waals surface area contributed by atoms with Crippen LogP contribution in [0.25, 0.3) is 0 Å². The first kappa shape index (κ1) is 25.6. The van der Waals surface area contributed by atoms with Gasteiger partial charge < -0.3 is 14.9 Å². The van der Waals surface area contributed by atoms with Gasteiger partial charge in [-0.25, -0.2) is 14.8 Å². The van der Waals surface area contributed by atoms with E-state index in [1.54, 1.807) is 73.8 Å². The van der Waals surface area contributed by atoms with Crippen molar-refractivity contribution in [3.8, 4) is 5.75 Å². The number of nitrogens with one attached hydrogen (secondary N) is 2. The van der Waals surface area contributed by atoms with Crippen LogP contribution in [0, 0.1) is 0 Å². The number of hydrazine groups is 1. The molecule has 0 atom stereocenters. The van der Waals surface area contributed by atoms with Gasteiger partial charge in [0.2, 0.25) is 0 Å². The number of ether oxygens (including phenoxy) is 1. The first-order chi connectivity index (χ1) is 17.9. The molecule has 0 radical (unpaired) electrons. The second-order valence-corrected chi connectivity index (χ2v) is 8.28. The molecule has 37 heavy (non-hydrogen) atoms. The minimum atomic E-state index is -0.746. The maximum Gasteiger partial charge on any atom is 0.376 e. The predicted octanol–water partition coefficient (Wildman–Crippen LogP) is 3.66.